The summed E-state index contributed by atoms with van der Waals surface area (Å²) in [5.74, 6) is 1.38. The summed E-state index contributed by atoms with van der Waals surface area (Å²) in [4.78, 5) is 13.8. The number of rotatable bonds is 8. The van der Waals surface area contributed by atoms with E-state index in [1.807, 2.05) is 12.1 Å². The van der Waals surface area contributed by atoms with Crippen molar-refractivity contribution in [2.24, 2.45) is 5.41 Å². The van der Waals surface area contributed by atoms with Crippen molar-refractivity contribution in [3.05, 3.63) is 47.5 Å². The Morgan fingerprint density at radius 3 is 2.74 bits per heavy atom. The predicted octanol–water partition coefficient (Wildman–Crippen LogP) is 4.97. The van der Waals surface area contributed by atoms with Gasteiger partial charge in [0.25, 0.3) is 0 Å². The number of likely N-dealkylation sites (tertiary alicyclic amines) is 2. The molecule has 3 aromatic rings. The van der Waals surface area contributed by atoms with Crippen molar-refractivity contribution in [2.45, 2.75) is 19.3 Å². The molecule has 0 saturated carbocycles. The highest BCUT2D eigenvalue weighted by atomic mass is 35.5. The van der Waals surface area contributed by atoms with Crippen LogP contribution in [-0.4, -0.2) is 73.3 Å². The molecule has 0 amide bonds. The van der Waals surface area contributed by atoms with E-state index < -0.39 is 5.82 Å². The van der Waals surface area contributed by atoms with E-state index in [4.69, 9.17) is 21.1 Å². The van der Waals surface area contributed by atoms with E-state index in [0.29, 0.717) is 40.5 Å². The molecular formula is C26H31ClFN5O2. The molecule has 0 radical (unpaired) electrons. The lowest BCUT2D eigenvalue weighted by Gasteiger charge is -2.24. The molecule has 2 aliphatic heterocycles. The highest BCUT2D eigenvalue weighted by molar-refractivity contribution is 6.31. The van der Waals surface area contributed by atoms with Crippen LogP contribution in [0.5, 0.6) is 11.5 Å². The average Bonchev–Trinajstić information content (AvgIpc) is 3.43. The van der Waals surface area contributed by atoms with Gasteiger partial charge in [-0.3, -0.25) is 0 Å². The minimum atomic E-state index is -0.468. The van der Waals surface area contributed by atoms with Gasteiger partial charge in [0.05, 0.1) is 24.3 Å². The van der Waals surface area contributed by atoms with Crippen LogP contribution in [0.15, 0.2) is 36.7 Å². The Hall–Kier alpha value is -2.68. The van der Waals surface area contributed by atoms with Gasteiger partial charge < -0.3 is 24.6 Å². The largest absolute Gasteiger partial charge is 0.493 e. The first-order valence-corrected chi connectivity index (χ1v) is 12.4. The van der Waals surface area contributed by atoms with Gasteiger partial charge in [-0.2, -0.15) is 0 Å². The maximum absolute atomic E-state index is 13.5. The Balaban J connectivity index is 1.25. The van der Waals surface area contributed by atoms with Crippen molar-refractivity contribution in [1.82, 2.24) is 19.8 Å². The fraction of sp³-hybridized carbons (Fsp3) is 0.462. The fourth-order valence-electron chi connectivity index (χ4n) is 5.33. The summed E-state index contributed by atoms with van der Waals surface area (Å²) in [6.45, 7) is 6.42. The zero-order valence-electron chi connectivity index (χ0n) is 20.2. The Morgan fingerprint density at radius 2 is 1.97 bits per heavy atom. The number of aromatic nitrogens is 2. The van der Waals surface area contributed by atoms with E-state index in [1.165, 1.54) is 57.5 Å². The number of methoxy groups -OCH3 is 1. The average molecular weight is 500 g/mol. The first kappa shape index (κ1) is 24.0. The molecule has 0 aliphatic carbocycles. The van der Waals surface area contributed by atoms with Crippen LogP contribution >= 0.6 is 11.6 Å². The third-order valence-corrected chi connectivity index (χ3v) is 7.42. The minimum absolute atomic E-state index is 0.0444. The van der Waals surface area contributed by atoms with E-state index >= 15 is 0 Å². The number of fused-ring (bicyclic) bond motifs is 1. The van der Waals surface area contributed by atoms with Gasteiger partial charge in [0.2, 0.25) is 0 Å². The molecule has 1 atom stereocenters. The molecule has 7 nitrogen and oxygen atoms in total. The summed E-state index contributed by atoms with van der Waals surface area (Å²) >= 11 is 5.93. The van der Waals surface area contributed by atoms with E-state index in [0.717, 1.165) is 18.4 Å². The van der Waals surface area contributed by atoms with E-state index in [2.05, 4.69) is 32.1 Å². The van der Waals surface area contributed by atoms with Crippen molar-refractivity contribution in [3.8, 4) is 11.5 Å². The molecule has 2 fully saturated rings. The number of anilines is 2. The summed E-state index contributed by atoms with van der Waals surface area (Å²) in [5.41, 5.74) is 1.84. The Kier molecular flexibility index (Phi) is 6.95. The van der Waals surface area contributed by atoms with Crippen molar-refractivity contribution in [1.29, 1.82) is 0 Å². The van der Waals surface area contributed by atoms with E-state index in [-0.39, 0.29) is 5.02 Å². The van der Waals surface area contributed by atoms with Crippen molar-refractivity contribution in [3.63, 3.8) is 0 Å². The molecule has 1 spiro atoms. The number of halogens is 2. The third-order valence-electron chi connectivity index (χ3n) is 7.13. The van der Waals surface area contributed by atoms with Gasteiger partial charge in [-0.1, -0.05) is 11.6 Å². The van der Waals surface area contributed by atoms with Crippen LogP contribution in [0.4, 0.5) is 15.9 Å². The van der Waals surface area contributed by atoms with Gasteiger partial charge in [-0.15, -0.1) is 0 Å². The molecule has 2 aliphatic rings. The van der Waals surface area contributed by atoms with Gasteiger partial charge in [0.15, 0.2) is 11.5 Å². The predicted molar refractivity (Wildman–Crippen MR) is 136 cm³/mol. The Bertz CT molecular complexity index is 1210. The van der Waals surface area contributed by atoms with Gasteiger partial charge in [0.1, 0.15) is 18.0 Å². The molecule has 1 N–H and O–H groups in total. The Labute approximate surface area is 210 Å². The van der Waals surface area contributed by atoms with Crippen molar-refractivity contribution in [2.75, 3.05) is 58.8 Å². The van der Waals surface area contributed by atoms with Crippen LogP contribution in [0.2, 0.25) is 5.02 Å². The fourth-order valence-corrected chi connectivity index (χ4v) is 5.51. The van der Waals surface area contributed by atoms with Gasteiger partial charge >= 0.3 is 0 Å². The summed E-state index contributed by atoms with van der Waals surface area (Å²) in [6, 6.07) is 8.19. The number of ether oxygens (including phenoxy) is 2. The van der Waals surface area contributed by atoms with Gasteiger partial charge in [0, 0.05) is 36.8 Å². The second-order valence-corrected chi connectivity index (χ2v) is 10.1. The minimum Gasteiger partial charge on any atom is -0.493 e. The van der Waals surface area contributed by atoms with Crippen molar-refractivity contribution >= 4 is 34.0 Å². The summed E-state index contributed by atoms with van der Waals surface area (Å²) in [7, 11) is 3.85. The molecule has 5 rings (SSSR count). The quantitative estimate of drug-likeness (QED) is 0.439. The van der Waals surface area contributed by atoms with Crippen LogP contribution < -0.4 is 14.8 Å². The van der Waals surface area contributed by atoms with Gasteiger partial charge in [-0.25, -0.2) is 14.4 Å². The van der Waals surface area contributed by atoms with E-state index in [1.54, 1.807) is 13.2 Å². The molecular weight excluding hydrogens is 469 g/mol. The molecule has 9 heteroatoms. The first-order valence-electron chi connectivity index (χ1n) is 12.0. The maximum atomic E-state index is 13.5. The highest BCUT2D eigenvalue weighted by Crippen LogP contribution is 2.39. The van der Waals surface area contributed by atoms with E-state index in [9.17, 15) is 4.39 Å². The lowest BCUT2D eigenvalue weighted by molar-refractivity contribution is 0.229. The SMILES string of the molecule is COc1cc2ncnc(Nc3ccc(F)c(Cl)c3)c2cc1OCCCN1CCC2(CCN(C)C2)C1. The topological polar surface area (TPSA) is 62.8 Å². The first-order chi connectivity index (χ1) is 16.9. The number of hydrogen-bond donors (Lipinski definition) is 1. The second-order valence-electron chi connectivity index (χ2n) is 9.71. The number of nitrogens with one attached hydrogen (secondary N) is 1. The summed E-state index contributed by atoms with van der Waals surface area (Å²) in [6.07, 6.45) is 5.03. The maximum Gasteiger partial charge on any atom is 0.162 e. The van der Waals surface area contributed by atoms with Crippen molar-refractivity contribution < 1.29 is 13.9 Å². The van der Waals surface area contributed by atoms with Crippen LogP contribution in [0, 0.1) is 11.2 Å². The van der Waals surface area contributed by atoms with Crippen LogP contribution in [0.1, 0.15) is 19.3 Å². The molecule has 1 aromatic heterocycles. The zero-order valence-corrected chi connectivity index (χ0v) is 20.9. The lowest BCUT2D eigenvalue weighted by atomic mass is 9.86. The smallest absolute Gasteiger partial charge is 0.162 e. The molecule has 186 valence electrons. The monoisotopic (exact) mass is 499 g/mol. The lowest BCUT2D eigenvalue weighted by Crippen LogP contribution is -2.30. The third kappa shape index (κ3) is 5.29. The normalized spacial score (nSPS) is 20.7. The number of hydrogen-bond acceptors (Lipinski definition) is 7. The second kappa shape index (κ2) is 10.1. The molecule has 35 heavy (non-hydrogen) atoms. The Morgan fingerprint density at radius 1 is 1.11 bits per heavy atom. The summed E-state index contributed by atoms with van der Waals surface area (Å²) < 4.78 is 25.3. The standard InChI is InChI=1S/C26H31ClFN5O2/c1-32-9-6-26(15-32)7-10-33(16-26)8-3-11-35-24-13-19-22(14-23(24)34-2)29-17-30-25(19)31-18-4-5-21(28)20(27)12-18/h4-5,12-14,17H,3,6-11,15-16H2,1-2H3,(H,29,30,31). The van der Waals surface area contributed by atoms with Crippen LogP contribution in [-0.2, 0) is 0 Å². The molecule has 0 bridgehead atoms. The van der Waals surface area contributed by atoms with Crippen LogP contribution in [0.25, 0.3) is 10.9 Å². The number of benzene rings is 2. The molecule has 1 unspecified atom stereocenters. The summed E-state index contributed by atoms with van der Waals surface area (Å²) in [5, 5.41) is 4.02. The van der Waals surface area contributed by atoms with Crippen LogP contribution in [0.3, 0.4) is 0 Å². The molecule has 3 heterocycles. The zero-order chi connectivity index (χ0) is 24.4. The molecule has 2 saturated heterocycles. The molecule has 2 aromatic carbocycles. The highest BCUT2D eigenvalue weighted by Gasteiger charge is 2.41. The van der Waals surface area contributed by atoms with Gasteiger partial charge in [-0.05, 0) is 69.1 Å². The number of nitrogens with zero attached hydrogens (tertiary/aromatic N) is 4.